The highest BCUT2D eigenvalue weighted by Gasteiger charge is 2.24. The smallest absolute Gasteiger partial charge is 0.326 e. The van der Waals surface area contributed by atoms with E-state index in [0.717, 1.165) is 10.0 Å². The zero-order chi connectivity index (χ0) is 16.9. The average molecular weight is 372 g/mol. The van der Waals surface area contributed by atoms with Crippen LogP contribution in [0, 0.1) is 12.8 Å². The quantitative estimate of drug-likeness (QED) is 0.771. The third-order valence-corrected chi connectivity index (χ3v) is 3.70. The lowest BCUT2D eigenvalue weighted by atomic mass is 10.0. The van der Waals surface area contributed by atoms with Crippen molar-refractivity contribution >= 4 is 27.8 Å². The average Bonchev–Trinajstić information content (AvgIpc) is 2.40. The molecule has 2 N–H and O–H groups in total. The maximum atomic E-state index is 12.1. The molecule has 5 nitrogen and oxygen atoms in total. The third kappa shape index (κ3) is 5.67. The van der Waals surface area contributed by atoms with Crippen LogP contribution < -0.4 is 10.1 Å². The first-order valence-electron chi connectivity index (χ1n) is 7.16. The van der Waals surface area contributed by atoms with Gasteiger partial charge in [0.2, 0.25) is 0 Å². The van der Waals surface area contributed by atoms with Gasteiger partial charge >= 0.3 is 5.97 Å². The van der Waals surface area contributed by atoms with E-state index in [1.807, 2.05) is 32.9 Å². The molecule has 6 heteroatoms. The SMILES string of the molecule is Cc1ccc(O[C@@H](C)C(=O)N[C@H](CC(C)C)C(=O)O)c(Br)c1. The van der Waals surface area contributed by atoms with Crippen LogP contribution in [0.5, 0.6) is 5.75 Å². The summed E-state index contributed by atoms with van der Waals surface area (Å²) in [6, 6.07) is 4.63. The van der Waals surface area contributed by atoms with Gasteiger partial charge in [-0.2, -0.15) is 0 Å². The van der Waals surface area contributed by atoms with Crippen molar-refractivity contribution in [3.05, 3.63) is 28.2 Å². The molecular formula is C16H22BrNO4. The molecule has 2 atom stereocenters. The van der Waals surface area contributed by atoms with E-state index in [9.17, 15) is 9.59 Å². The van der Waals surface area contributed by atoms with Crippen LogP contribution in [0.2, 0.25) is 0 Å². The lowest BCUT2D eigenvalue weighted by molar-refractivity contribution is -0.143. The topological polar surface area (TPSA) is 75.6 Å². The monoisotopic (exact) mass is 371 g/mol. The van der Waals surface area contributed by atoms with Gasteiger partial charge < -0.3 is 15.2 Å². The maximum Gasteiger partial charge on any atom is 0.326 e. The molecule has 0 aliphatic carbocycles. The lowest BCUT2D eigenvalue weighted by Gasteiger charge is -2.20. The molecule has 0 aromatic heterocycles. The molecule has 0 bridgehead atoms. The molecule has 122 valence electrons. The fourth-order valence-electron chi connectivity index (χ4n) is 1.93. The number of rotatable bonds is 7. The molecule has 1 rings (SSSR count). The van der Waals surface area contributed by atoms with Crippen molar-refractivity contribution in [3.8, 4) is 5.75 Å². The van der Waals surface area contributed by atoms with E-state index in [4.69, 9.17) is 9.84 Å². The number of aliphatic carboxylic acids is 1. The van der Waals surface area contributed by atoms with E-state index < -0.39 is 24.0 Å². The third-order valence-electron chi connectivity index (χ3n) is 3.08. The summed E-state index contributed by atoms with van der Waals surface area (Å²) in [5.41, 5.74) is 1.07. The first-order chi connectivity index (χ1) is 10.2. The Kier molecular flexibility index (Phi) is 6.87. The lowest BCUT2D eigenvalue weighted by Crippen LogP contribution is -2.46. The number of aryl methyl sites for hydroxylation is 1. The molecule has 0 unspecified atom stereocenters. The van der Waals surface area contributed by atoms with Crippen LogP contribution in [-0.4, -0.2) is 29.1 Å². The second-order valence-corrected chi connectivity index (χ2v) is 6.58. The van der Waals surface area contributed by atoms with Gasteiger partial charge in [0, 0.05) is 0 Å². The summed E-state index contributed by atoms with van der Waals surface area (Å²) in [5, 5.41) is 11.7. The Morgan fingerprint density at radius 3 is 2.45 bits per heavy atom. The fraction of sp³-hybridized carbons (Fsp3) is 0.500. The van der Waals surface area contributed by atoms with Gasteiger partial charge in [-0.1, -0.05) is 19.9 Å². The number of carboxylic acids is 1. The fourth-order valence-corrected chi connectivity index (χ4v) is 2.51. The van der Waals surface area contributed by atoms with Crippen LogP contribution >= 0.6 is 15.9 Å². The van der Waals surface area contributed by atoms with Crippen molar-refractivity contribution in [2.75, 3.05) is 0 Å². The van der Waals surface area contributed by atoms with E-state index in [2.05, 4.69) is 21.2 Å². The van der Waals surface area contributed by atoms with Crippen LogP contribution in [0.3, 0.4) is 0 Å². The highest BCUT2D eigenvalue weighted by atomic mass is 79.9. The first kappa shape index (κ1) is 18.5. The molecule has 0 saturated heterocycles. The molecule has 0 heterocycles. The van der Waals surface area contributed by atoms with Crippen LogP contribution in [-0.2, 0) is 9.59 Å². The van der Waals surface area contributed by atoms with Crippen molar-refractivity contribution in [1.29, 1.82) is 0 Å². The number of benzene rings is 1. The van der Waals surface area contributed by atoms with Crippen molar-refractivity contribution in [2.45, 2.75) is 46.3 Å². The summed E-state index contributed by atoms with van der Waals surface area (Å²) in [7, 11) is 0. The molecular weight excluding hydrogens is 350 g/mol. The van der Waals surface area contributed by atoms with Crippen molar-refractivity contribution in [1.82, 2.24) is 5.32 Å². The number of hydrogen-bond acceptors (Lipinski definition) is 3. The maximum absolute atomic E-state index is 12.1. The van der Waals surface area contributed by atoms with Gasteiger partial charge in [-0.05, 0) is 59.8 Å². The predicted octanol–water partition coefficient (Wildman–Crippen LogP) is 3.14. The Morgan fingerprint density at radius 1 is 1.32 bits per heavy atom. The van der Waals surface area contributed by atoms with Crippen molar-refractivity contribution in [2.24, 2.45) is 5.92 Å². The minimum Gasteiger partial charge on any atom is -0.480 e. The molecule has 0 saturated carbocycles. The Hall–Kier alpha value is -1.56. The van der Waals surface area contributed by atoms with Crippen molar-refractivity contribution < 1.29 is 19.4 Å². The Bertz CT molecular complexity index is 545. The Morgan fingerprint density at radius 2 is 1.95 bits per heavy atom. The molecule has 22 heavy (non-hydrogen) atoms. The van der Waals surface area contributed by atoms with E-state index in [0.29, 0.717) is 12.2 Å². The van der Waals surface area contributed by atoms with Gasteiger partial charge in [0.15, 0.2) is 6.10 Å². The van der Waals surface area contributed by atoms with Crippen LogP contribution in [0.1, 0.15) is 32.8 Å². The van der Waals surface area contributed by atoms with E-state index in [1.54, 1.807) is 13.0 Å². The van der Waals surface area contributed by atoms with E-state index >= 15 is 0 Å². The van der Waals surface area contributed by atoms with Gasteiger partial charge in [0.25, 0.3) is 5.91 Å². The van der Waals surface area contributed by atoms with Gasteiger partial charge in [-0.25, -0.2) is 4.79 Å². The molecule has 0 radical (unpaired) electrons. The largest absolute Gasteiger partial charge is 0.480 e. The number of hydrogen-bond donors (Lipinski definition) is 2. The summed E-state index contributed by atoms with van der Waals surface area (Å²) < 4.78 is 6.35. The zero-order valence-electron chi connectivity index (χ0n) is 13.2. The van der Waals surface area contributed by atoms with E-state index in [1.165, 1.54) is 0 Å². The molecule has 1 aromatic carbocycles. The summed E-state index contributed by atoms with van der Waals surface area (Å²) in [4.78, 5) is 23.3. The van der Waals surface area contributed by atoms with Crippen LogP contribution in [0.15, 0.2) is 22.7 Å². The standard InChI is InChI=1S/C16H22BrNO4/c1-9(2)7-13(16(20)21)18-15(19)11(4)22-14-6-5-10(3)8-12(14)17/h5-6,8-9,11,13H,7H2,1-4H3,(H,18,19)(H,20,21)/t11-,13+/m0/s1. The number of halogens is 1. The molecule has 1 amide bonds. The zero-order valence-corrected chi connectivity index (χ0v) is 14.8. The van der Waals surface area contributed by atoms with Gasteiger partial charge in [-0.15, -0.1) is 0 Å². The molecule has 0 fully saturated rings. The second-order valence-electron chi connectivity index (χ2n) is 5.72. The van der Waals surface area contributed by atoms with E-state index in [-0.39, 0.29) is 5.92 Å². The Balaban J connectivity index is 2.69. The number of amides is 1. The minimum atomic E-state index is -1.04. The van der Waals surface area contributed by atoms with Gasteiger partial charge in [0.05, 0.1) is 4.47 Å². The normalized spacial score (nSPS) is 13.5. The summed E-state index contributed by atoms with van der Waals surface area (Å²) in [5.74, 6) is -0.765. The molecule has 1 aromatic rings. The highest BCUT2D eigenvalue weighted by Crippen LogP contribution is 2.26. The number of nitrogens with one attached hydrogen (secondary N) is 1. The van der Waals surface area contributed by atoms with Gasteiger partial charge in [-0.3, -0.25) is 4.79 Å². The molecule has 0 spiro atoms. The summed E-state index contributed by atoms with van der Waals surface area (Å²) in [6.07, 6.45) is -0.407. The first-order valence-corrected chi connectivity index (χ1v) is 7.96. The minimum absolute atomic E-state index is 0.170. The van der Waals surface area contributed by atoms with Gasteiger partial charge in [0.1, 0.15) is 11.8 Å². The number of carbonyl (C=O) groups excluding carboxylic acids is 1. The summed E-state index contributed by atoms with van der Waals surface area (Å²) in [6.45, 7) is 7.36. The number of carbonyl (C=O) groups is 2. The Labute approximate surface area is 139 Å². The second kappa shape index (κ2) is 8.17. The highest BCUT2D eigenvalue weighted by molar-refractivity contribution is 9.10. The van der Waals surface area contributed by atoms with Crippen LogP contribution in [0.25, 0.3) is 0 Å². The van der Waals surface area contributed by atoms with Crippen molar-refractivity contribution in [3.63, 3.8) is 0 Å². The number of ether oxygens (including phenoxy) is 1. The predicted molar refractivity (Wildman–Crippen MR) is 88.0 cm³/mol. The molecule has 0 aliphatic heterocycles. The van der Waals surface area contributed by atoms with Crippen LogP contribution in [0.4, 0.5) is 0 Å². The number of carboxylic acid groups (broad SMARTS) is 1. The molecule has 0 aliphatic rings. The summed E-state index contributed by atoms with van der Waals surface area (Å²) >= 11 is 3.38.